The number of likely N-dealkylation sites (N-methyl/N-ethyl adjacent to an activating group) is 1. The molecule has 0 spiro atoms. The molecule has 2 N–H and O–H groups in total. The predicted octanol–water partition coefficient (Wildman–Crippen LogP) is 3.63. The predicted molar refractivity (Wildman–Crippen MR) is 106 cm³/mol. The van der Waals surface area contributed by atoms with Crippen LogP contribution in [0.2, 0.25) is 0 Å². The molecule has 5 nitrogen and oxygen atoms in total. The van der Waals surface area contributed by atoms with Gasteiger partial charge < -0.3 is 10.6 Å². The maximum atomic E-state index is 12.3. The number of nitrogens with zero attached hydrogens (tertiary/aromatic N) is 1. The van der Waals surface area contributed by atoms with Crippen LogP contribution in [-0.2, 0) is 9.59 Å². The lowest BCUT2D eigenvalue weighted by Gasteiger charge is -2.18. The van der Waals surface area contributed by atoms with Crippen molar-refractivity contribution in [2.75, 3.05) is 30.8 Å². The van der Waals surface area contributed by atoms with Crippen LogP contribution in [-0.4, -0.2) is 36.9 Å². The van der Waals surface area contributed by atoms with E-state index in [4.69, 9.17) is 0 Å². The molecule has 0 bridgehead atoms. The quantitative estimate of drug-likeness (QED) is 0.799. The third kappa shape index (κ3) is 6.01. The van der Waals surface area contributed by atoms with E-state index < -0.39 is 0 Å². The second kappa shape index (κ2) is 9.15. The molecule has 2 aromatic rings. The highest BCUT2D eigenvalue weighted by molar-refractivity contribution is 5.95. The molecule has 0 saturated heterocycles. The van der Waals surface area contributed by atoms with Crippen molar-refractivity contribution in [1.82, 2.24) is 4.90 Å². The summed E-state index contributed by atoms with van der Waals surface area (Å²) in [6, 6.07) is 15.4. The highest BCUT2D eigenvalue weighted by Crippen LogP contribution is 2.23. The fourth-order valence-electron chi connectivity index (χ4n) is 2.69. The Morgan fingerprint density at radius 3 is 2.12 bits per heavy atom. The van der Waals surface area contributed by atoms with Gasteiger partial charge in [0.1, 0.15) is 0 Å². The second-order valence-corrected chi connectivity index (χ2v) is 6.88. The van der Waals surface area contributed by atoms with Gasteiger partial charge in [-0.1, -0.05) is 49.7 Å². The summed E-state index contributed by atoms with van der Waals surface area (Å²) in [6.45, 7) is 6.47. The first-order chi connectivity index (χ1) is 12.3. The number of rotatable bonds is 7. The zero-order valence-corrected chi connectivity index (χ0v) is 15.9. The van der Waals surface area contributed by atoms with Crippen molar-refractivity contribution in [3.63, 3.8) is 0 Å². The van der Waals surface area contributed by atoms with Gasteiger partial charge >= 0.3 is 0 Å². The number of hydrogen-bond donors (Lipinski definition) is 2. The van der Waals surface area contributed by atoms with Gasteiger partial charge in [-0.25, -0.2) is 0 Å². The molecule has 0 heterocycles. The number of aryl methyl sites for hydroxylation is 1. The first-order valence-electron chi connectivity index (χ1n) is 8.79. The number of hydrogen-bond acceptors (Lipinski definition) is 3. The number of para-hydroxylation sites is 1. The summed E-state index contributed by atoms with van der Waals surface area (Å²) in [5.41, 5.74) is 3.81. The van der Waals surface area contributed by atoms with Crippen LogP contribution in [0.5, 0.6) is 0 Å². The topological polar surface area (TPSA) is 61.4 Å². The largest absolute Gasteiger partial charge is 0.325 e. The molecule has 0 unspecified atom stereocenters. The first-order valence-corrected chi connectivity index (χ1v) is 8.79. The van der Waals surface area contributed by atoms with Crippen LogP contribution in [0.4, 0.5) is 11.4 Å². The maximum Gasteiger partial charge on any atom is 0.238 e. The van der Waals surface area contributed by atoms with Gasteiger partial charge in [-0.15, -0.1) is 0 Å². The number of nitrogens with one attached hydrogen (secondary N) is 2. The third-order valence-corrected chi connectivity index (χ3v) is 4.02. The van der Waals surface area contributed by atoms with Gasteiger partial charge in [0, 0.05) is 11.4 Å². The van der Waals surface area contributed by atoms with Crippen LogP contribution in [0.1, 0.15) is 30.9 Å². The van der Waals surface area contributed by atoms with Gasteiger partial charge in [-0.2, -0.15) is 0 Å². The molecule has 0 atom stereocenters. The fraction of sp³-hybridized carbons (Fsp3) is 0.333. The molecule has 26 heavy (non-hydrogen) atoms. The molecule has 138 valence electrons. The molecule has 0 aliphatic rings. The Bertz CT molecular complexity index is 754. The Balaban J connectivity index is 1.85. The lowest BCUT2D eigenvalue weighted by atomic mass is 10.0. The zero-order valence-electron chi connectivity index (χ0n) is 15.9. The van der Waals surface area contributed by atoms with Crippen LogP contribution in [0.3, 0.4) is 0 Å². The minimum Gasteiger partial charge on any atom is -0.325 e. The zero-order chi connectivity index (χ0) is 19.1. The lowest BCUT2D eigenvalue weighted by molar-refractivity contribution is -0.119. The van der Waals surface area contributed by atoms with Crippen molar-refractivity contribution in [1.29, 1.82) is 0 Å². The molecule has 5 heteroatoms. The number of carbonyl (C=O) groups is 2. The van der Waals surface area contributed by atoms with E-state index in [0.29, 0.717) is 5.92 Å². The molecule has 0 aromatic heterocycles. The Hall–Kier alpha value is -2.66. The summed E-state index contributed by atoms with van der Waals surface area (Å²) in [6.07, 6.45) is 0. The molecule has 0 fully saturated rings. The molecule has 0 radical (unpaired) electrons. The van der Waals surface area contributed by atoms with Crippen molar-refractivity contribution < 1.29 is 9.59 Å². The lowest BCUT2D eigenvalue weighted by Crippen LogP contribution is -2.36. The van der Waals surface area contributed by atoms with Crippen LogP contribution in [0, 0.1) is 6.92 Å². The molecule has 2 aromatic carbocycles. The van der Waals surface area contributed by atoms with Gasteiger partial charge in [0.2, 0.25) is 11.8 Å². The maximum absolute atomic E-state index is 12.3. The van der Waals surface area contributed by atoms with Gasteiger partial charge in [0.25, 0.3) is 0 Å². The van der Waals surface area contributed by atoms with Crippen molar-refractivity contribution in [2.45, 2.75) is 26.7 Å². The molecule has 0 saturated carbocycles. The average molecular weight is 353 g/mol. The van der Waals surface area contributed by atoms with Crippen molar-refractivity contribution in [3.8, 4) is 0 Å². The summed E-state index contributed by atoms with van der Waals surface area (Å²) in [7, 11) is 1.75. The highest BCUT2D eigenvalue weighted by atomic mass is 16.2. The van der Waals surface area contributed by atoms with E-state index in [0.717, 1.165) is 22.5 Å². The second-order valence-electron chi connectivity index (χ2n) is 6.88. The van der Waals surface area contributed by atoms with Crippen LogP contribution < -0.4 is 10.6 Å². The molecular weight excluding hydrogens is 326 g/mol. The number of benzene rings is 2. The highest BCUT2D eigenvalue weighted by Gasteiger charge is 2.13. The number of carbonyl (C=O) groups excluding carboxylic acids is 2. The summed E-state index contributed by atoms with van der Waals surface area (Å²) in [5.74, 6) is 0.0417. The summed E-state index contributed by atoms with van der Waals surface area (Å²) >= 11 is 0. The summed E-state index contributed by atoms with van der Waals surface area (Å²) < 4.78 is 0. The Kier molecular flexibility index (Phi) is 6.92. The minimum atomic E-state index is -0.147. The Morgan fingerprint density at radius 1 is 0.923 bits per heavy atom. The van der Waals surface area contributed by atoms with Crippen molar-refractivity contribution in [3.05, 3.63) is 59.7 Å². The monoisotopic (exact) mass is 353 g/mol. The Morgan fingerprint density at radius 2 is 1.50 bits per heavy atom. The summed E-state index contributed by atoms with van der Waals surface area (Å²) in [4.78, 5) is 26.1. The number of anilines is 2. The van der Waals surface area contributed by atoms with Crippen LogP contribution >= 0.6 is 0 Å². The van der Waals surface area contributed by atoms with E-state index in [-0.39, 0.29) is 24.9 Å². The number of amides is 2. The smallest absolute Gasteiger partial charge is 0.238 e. The average Bonchev–Trinajstić information content (AvgIpc) is 2.56. The molecule has 2 rings (SSSR count). The SMILES string of the molecule is Cc1ccc(NC(=O)CN(C)CC(=O)Nc2ccccc2C(C)C)cc1. The van der Waals surface area contributed by atoms with E-state index in [1.165, 1.54) is 0 Å². The van der Waals surface area contributed by atoms with Crippen LogP contribution in [0.25, 0.3) is 0 Å². The van der Waals surface area contributed by atoms with Gasteiger partial charge in [0.05, 0.1) is 13.1 Å². The van der Waals surface area contributed by atoms with E-state index in [1.807, 2.05) is 55.5 Å². The van der Waals surface area contributed by atoms with Crippen molar-refractivity contribution >= 4 is 23.2 Å². The van der Waals surface area contributed by atoms with E-state index in [9.17, 15) is 9.59 Å². The van der Waals surface area contributed by atoms with Crippen molar-refractivity contribution in [2.24, 2.45) is 0 Å². The van der Waals surface area contributed by atoms with E-state index >= 15 is 0 Å². The Labute approximate surface area is 155 Å². The van der Waals surface area contributed by atoms with Gasteiger partial charge in [0.15, 0.2) is 0 Å². The van der Waals surface area contributed by atoms with Gasteiger partial charge in [-0.3, -0.25) is 14.5 Å². The summed E-state index contributed by atoms with van der Waals surface area (Å²) in [5, 5.41) is 5.77. The normalized spacial score (nSPS) is 10.8. The molecular formula is C21H27N3O2. The van der Waals surface area contributed by atoms with E-state index in [2.05, 4.69) is 24.5 Å². The molecule has 2 amide bonds. The van der Waals surface area contributed by atoms with Crippen LogP contribution in [0.15, 0.2) is 48.5 Å². The van der Waals surface area contributed by atoms with Gasteiger partial charge in [-0.05, 0) is 43.7 Å². The fourth-order valence-corrected chi connectivity index (χ4v) is 2.69. The molecule has 0 aliphatic carbocycles. The van der Waals surface area contributed by atoms with E-state index in [1.54, 1.807) is 11.9 Å². The third-order valence-electron chi connectivity index (χ3n) is 4.02. The minimum absolute atomic E-state index is 0.135. The first kappa shape index (κ1) is 19.7. The molecule has 0 aliphatic heterocycles. The standard InChI is InChI=1S/C21H27N3O2/c1-15(2)18-7-5-6-8-19(18)23-21(26)14-24(4)13-20(25)22-17-11-9-16(3)10-12-17/h5-12,15H,13-14H2,1-4H3,(H,22,25)(H,23,26).